The maximum Gasteiger partial charge on any atom is 0.256 e. The van der Waals surface area contributed by atoms with Crippen LogP contribution in [0.2, 0.25) is 0 Å². The largest absolute Gasteiger partial charge is 0.326 e. The van der Waals surface area contributed by atoms with Crippen molar-refractivity contribution in [3.05, 3.63) is 155 Å². The van der Waals surface area contributed by atoms with E-state index in [1.54, 1.807) is 12.4 Å². The van der Waals surface area contributed by atoms with Crippen LogP contribution < -0.4 is 0 Å². The normalized spacial score (nSPS) is 16.5. The van der Waals surface area contributed by atoms with E-state index in [9.17, 15) is 4.79 Å². The molecule has 3 aromatic carbocycles. The van der Waals surface area contributed by atoms with Crippen molar-refractivity contribution in [1.29, 1.82) is 0 Å². The molecule has 1 aliphatic heterocycles. The van der Waals surface area contributed by atoms with E-state index in [-0.39, 0.29) is 18.0 Å². The first-order valence-electron chi connectivity index (χ1n) is 14.1. The molecule has 0 N–H and O–H groups in total. The van der Waals surface area contributed by atoms with Gasteiger partial charge in [-0.15, -0.1) is 0 Å². The minimum Gasteiger partial charge on any atom is -0.326 e. The molecule has 40 heavy (non-hydrogen) atoms. The monoisotopic (exact) mass is 526 g/mol. The van der Waals surface area contributed by atoms with Crippen LogP contribution in [0.25, 0.3) is 0 Å². The number of aryl methyl sites for hydroxylation is 1. The summed E-state index contributed by atoms with van der Waals surface area (Å²) in [6.07, 6.45) is 6.73. The van der Waals surface area contributed by atoms with E-state index in [0.717, 1.165) is 30.8 Å². The molecule has 200 valence electrons. The van der Waals surface area contributed by atoms with Gasteiger partial charge in [0.25, 0.3) is 5.91 Å². The van der Waals surface area contributed by atoms with Gasteiger partial charge in [0, 0.05) is 37.5 Å². The topological polar surface area (TPSA) is 51.0 Å². The molecule has 5 aromatic rings. The number of imidazole rings is 1. The zero-order valence-electron chi connectivity index (χ0n) is 22.9. The number of nitrogens with zero attached hydrogens (tertiary/aromatic N) is 4. The first-order chi connectivity index (χ1) is 19.7. The molecule has 1 aliphatic rings. The molecule has 0 aliphatic carbocycles. The van der Waals surface area contributed by atoms with Crippen molar-refractivity contribution in [3.8, 4) is 0 Å². The predicted octanol–water partition coefficient (Wildman–Crippen LogP) is 6.79. The summed E-state index contributed by atoms with van der Waals surface area (Å²) >= 11 is 0. The van der Waals surface area contributed by atoms with Crippen LogP contribution in [-0.4, -0.2) is 31.9 Å². The third-order valence-electron chi connectivity index (χ3n) is 7.99. The van der Waals surface area contributed by atoms with Crippen LogP contribution in [0.5, 0.6) is 0 Å². The summed E-state index contributed by atoms with van der Waals surface area (Å²) in [7, 11) is 0. The van der Waals surface area contributed by atoms with Crippen molar-refractivity contribution in [2.75, 3.05) is 6.54 Å². The summed E-state index contributed by atoms with van der Waals surface area (Å²) in [5.41, 5.74) is 6.63. The summed E-state index contributed by atoms with van der Waals surface area (Å²) in [6.45, 7) is 2.83. The number of hydrogen-bond acceptors (Lipinski definition) is 3. The molecular formula is C35H34N4O. The van der Waals surface area contributed by atoms with E-state index >= 15 is 0 Å². The van der Waals surface area contributed by atoms with Gasteiger partial charge < -0.3 is 9.47 Å². The highest BCUT2D eigenvalue weighted by Gasteiger charge is 2.39. The lowest BCUT2D eigenvalue weighted by molar-refractivity contribution is 0.0559. The number of benzene rings is 3. The molecule has 0 radical (unpaired) electrons. The van der Waals surface area contributed by atoms with E-state index in [1.807, 2.05) is 29.2 Å². The molecule has 0 spiro atoms. The lowest BCUT2D eigenvalue weighted by atomic mass is 9.96. The fraction of sp³-hybridized carbons (Fsp3) is 0.229. The van der Waals surface area contributed by atoms with Crippen LogP contribution in [0.15, 0.2) is 116 Å². The Labute approximate surface area is 236 Å². The number of rotatable bonds is 8. The van der Waals surface area contributed by atoms with Crippen molar-refractivity contribution in [3.63, 3.8) is 0 Å². The Morgan fingerprint density at radius 1 is 0.825 bits per heavy atom. The minimum absolute atomic E-state index is 0.00950. The second-order valence-electron chi connectivity index (χ2n) is 10.6. The third kappa shape index (κ3) is 5.46. The zero-order valence-corrected chi connectivity index (χ0v) is 22.9. The van der Waals surface area contributed by atoms with E-state index < -0.39 is 0 Å². The molecule has 0 saturated carbocycles. The Morgan fingerprint density at radius 2 is 1.48 bits per heavy atom. The summed E-state index contributed by atoms with van der Waals surface area (Å²) in [6, 6.07) is 35.2. The summed E-state index contributed by atoms with van der Waals surface area (Å²) in [5, 5.41) is 0. The van der Waals surface area contributed by atoms with Crippen molar-refractivity contribution >= 4 is 5.91 Å². The van der Waals surface area contributed by atoms with E-state index in [1.165, 1.54) is 22.4 Å². The molecule has 5 nitrogen and oxygen atoms in total. The van der Waals surface area contributed by atoms with Crippen molar-refractivity contribution < 1.29 is 4.79 Å². The number of carbonyl (C=O) groups excluding carboxylic acids is 1. The Balaban J connectivity index is 1.43. The van der Waals surface area contributed by atoms with Gasteiger partial charge in [0.1, 0.15) is 5.82 Å². The second kappa shape index (κ2) is 11.7. The maximum absolute atomic E-state index is 14.1. The van der Waals surface area contributed by atoms with Gasteiger partial charge in [-0.05, 0) is 48.6 Å². The number of fused-ring (bicyclic) bond motifs is 1. The molecule has 0 fully saturated rings. The number of aromatic nitrogens is 3. The molecule has 1 amide bonds. The fourth-order valence-electron chi connectivity index (χ4n) is 5.93. The number of carbonyl (C=O) groups is 1. The van der Waals surface area contributed by atoms with Gasteiger partial charge in [-0.1, -0.05) is 91.0 Å². The van der Waals surface area contributed by atoms with E-state index in [2.05, 4.69) is 95.3 Å². The molecule has 6 rings (SSSR count). The van der Waals surface area contributed by atoms with Gasteiger partial charge in [0.15, 0.2) is 0 Å². The first-order valence-corrected chi connectivity index (χ1v) is 14.1. The number of hydrogen-bond donors (Lipinski definition) is 0. The van der Waals surface area contributed by atoms with Crippen molar-refractivity contribution in [2.24, 2.45) is 0 Å². The summed E-state index contributed by atoms with van der Waals surface area (Å²) < 4.78 is 2.45. The summed E-state index contributed by atoms with van der Waals surface area (Å²) in [4.78, 5) is 25.7. The van der Waals surface area contributed by atoms with Gasteiger partial charge in [-0.2, -0.15) is 0 Å². The Bertz CT molecular complexity index is 1550. The highest BCUT2D eigenvalue weighted by molar-refractivity contribution is 5.94. The molecule has 3 heterocycles. The van der Waals surface area contributed by atoms with E-state index in [0.29, 0.717) is 18.5 Å². The molecule has 5 heteroatoms. The van der Waals surface area contributed by atoms with Crippen molar-refractivity contribution in [2.45, 2.75) is 44.7 Å². The quantitative estimate of drug-likeness (QED) is 0.224. The standard InChI is InChI=1S/C35H34N4O/c1-26-32(22-28-14-7-3-8-15-28)37-34-33(23-29-16-9-4-10-17-29)38(35(40)30-18-11-21-36-24-30)25-31(39(26)34)20-19-27-12-5-2-6-13-27/h2-18,21,24,31,33H,19-20,22-23,25H2,1H3/t31-,33+/m1/s1. The highest BCUT2D eigenvalue weighted by Crippen LogP contribution is 2.38. The third-order valence-corrected chi connectivity index (χ3v) is 7.99. The van der Waals surface area contributed by atoms with Gasteiger partial charge in [-0.25, -0.2) is 4.98 Å². The molecule has 0 bridgehead atoms. The molecule has 2 atom stereocenters. The zero-order chi connectivity index (χ0) is 27.3. The lowest BCUT2D eigenvalue weighted by Crippen LogP contribution is -2.46. The van der Waals surface area contributed by atoms with Gasteiger partial charge in [0.2, 0.25) is 0 Å². The molecular weight excluding hydrogens is 492 g/mol. The van der Waals surface area contributed by atoms with Crippen molar-refractivity contribution in [1.82, 2.24) is 19.4 Å². The number of amides is 1. The van der Waals surface area contributed by atoms with Crippen LogP contribution in [0.3, 0.4) is 0 Å². The predicted molar refractivity (Wildman–Crippen MR) is 158 cm³/mol. The van der Waals surface area contributed by atoms with Crippen LogP contribution in [0.1, 0.15) is 62.8 Å². The fourth-order valence-corrected chi connectivity index (χ4v) is 5.93. The Kier molecular flexibility index (Phi) is 7.53. The average Bonchev–Trinajstić information content (AvgIpc) is 3.34. The first kappa shape index (κ1) is 25.8. The van der Waals surface area contributed by atoms with Gasteiger partial charge in [-0.3, -0.25) is 9.78 Å². The van der Waals surface area contributed by atoms with Crippen LogP contribution in [0.4, 0.5) is 0 Å². The average molecular weight is 527 g/mol. The Morgan fingerprint density at radius 3 is 2.12 bits per heavy atom. The molecule has 0 saturated heterocycles. The minimum atomic E-state index is -0.175. The molecule has 0 unspecified atom stereocenters. The second-order valence-corrected chi connectivity index (χ2v) is 10.6. The van der Waals surface area contributed by atoms with E-state index in [4.69, 9.17) is 4.98 Å². The lowest BCUT2D eigenvalue weighted by Gasteiger charge is -2.41. The van der Waals surface area contributed by atoms with Gasteiger partial charge >= 0.3 is 0 Å². The Hall–Kier alpha value is -4.51. The van der Waals surface area contributed by atoms with Gasteiger partial charge in [0.05, 0.1) is 23.3 Å². The SMILES string of the molecule is Cc1c(Cc2ccccc2)nc2n1[C@H](CCc1ccccc1)CN(C(=O)c1cccnc1)[C@H]2Cc1ccccc1. The molecule has 2 aromatic heterocycles. The van der Waals surface area contributed by atoms with Crippen LogP contribution in [0, 0.1) is 6.92 Å². The number of pyridine rings is 1. The smallest absolute Gasteiger partial charge is 0.256 e. The van der Waals surface area contributed by atoms with Crippen LogP contribution in [-0.2, 0) is 19.3 Å². The maximum atomic E-state index is 14.1. The summed E-state index contributed by atoms with van der Waals surface area (Å²) in [5.74, 6) is 0.990. The highest BCUT2D eigenvalue weighted by atomic mass is 16.2. The van der Waals surface area contributed by atoms with Crippen LogP contribution >= 0.6 is 0 Å².